The number of carbonyl (C=O) groups excluding carboxylic acids is 1. The van der Waals surface area contributed by atoms with Crippen molar-refractivity contribution in [2.24, 2.45) is 0 Å². The van der Waals surface area contributed by atoms with Crippen LogP contribution >= 0.6 is 0 Å². The van der Waals surface area contributed by atoms with Crippen LogP contribution in [0.5, 0.6) is 5.88 Å². The molecule has 0 bridgehead atoms. The Morgan fingerprint density at radius 2 is 1.81 bits per heavy atom. The van der Waals surface area contributed by atoms with Crippen LogP contribution in [0, 0.1) is 6.92 Å². The molecule has 7 heteroatoms. The summed E-state index contributed by atoms with van der Waals surface area (Å²) < 4.78 is 5.34. The Bertz CT molecular complexity index is 929. The standard InChI is InChI=1S/C20H21N5O2/c1-13-18(19(27-4)24-12-22-13)15-5-7-16(8-6-15)20(26)25(3)14(2)17-9-10-21-11-23-17/h5-12,14H,1-4H3/t14-/m1/s1. The summed E-state index contributed by atoms with van der Waals surface area (Å²) in [7, 11) is 3.34. The second-order valence-electron chi connectivity index (χ2n) is 6.15. The molecule has 0 fully saturated rings. The van der Waals surface area contributed by atoms with Gasteiger partial charge in [-0.3, -0.25) is 4.79 Å². The first-order valence-corrected chi connectivity index (χ1v) is 8.52. The summed E-state index contributed by atoms with van der Waals surface area (Å²) in [6, 6.07) is 9.00. The Labute approximate surface area is 158 Å². The maximum absolute atomic E-state index is 12.8. The van der Waals surface area contributed by atoms with E-state index < -0.39 is 0 Å². The number of benzene rings is 1. The van der Waals surface area contributed by atoms with Crippen molar-refractivity contribution < 1.29 is 9.53 Å². The highest BCUT2D eigenvalue weighted by molar-refractivity contribution is 5.95. The molecule has 0 saturated carbocycles. The van der Waals surface area contributed by atoms with E-state index in [2.05, 4.69) is 19.9 Å². The molecule has 0 unspecified atom stereocenters. The maximum Gasteiger partial charge on any atom is 0.254 e. The molecule has 1 aromatic carbocycles. The van der Waals surface area contributed by atoms with Gasteiger partial charge in [0.05, 0.1) is 30.1 Å². The van der Waals surface area contributed by atoms with Crippen LogP contribution < -0.4 is 4.74 Å². The van der Waals surface area contributed by atoms with Gasteiger partial charge in [-0.15, -0.1) is 0 Å². The van der Waals surface area contributed by atoms with Crippen LogP contribution in [-0.4, -0.2) is 44.9 Å². The number of ether oxygens (including phenoxy) is 1. The number of nitrogens with zero attached hydrogens (tertiary/aromatic N) is 5. The average molecular weight is 363 g/mol. The van der Waals surface area contributed by atoms with E-state index in [4.69, 9.17) is 4.74 Å². The van der Waals surface area contributed by atoms with Gasteiger partial charge in [-0.05, 0) is 37.6 Å². The molecule has 0 aliphatic heterocycles. The van der Waals surface area contributed by atoms with Gasteiger partial charge in [-0.25, -0.2) is 19.9 Å². The Balaban J connectivity index is 1.84. The van der Waals surface area contributed by atoms with Gasteiger partial charge < -0.3 is 9.64 Å². The largest absolute Gasteiger partial charge is 0.480 e. The first kappa shape index (κ1) is 18.4. The molecule has 1 amide bonds. The minimum absolute atomic E-state index is 0.0827. The van der Waals surface area contributed by atoms with E-state index in [9.17, 15) is 4.79 Å². The molecule has 27 heavy (non-hydrogen) atoms. The average Bonchev–Trinajstić information content (AvgIpc) is 2.72. The minimum atomic E-state index is -0.162. The molecule has 3 aromatic rings. The summed E-state index contributed by atoms with van der Waals surface area (Å²) in [6.45, 7) is 3.83. The summed E-state index contributed by atoms with van der Waals surface area (Å²) in [5, 5.41) is 0. The SMILES string of the molecule is COc1ncnc(C)c1-c1ccc(C(=O)N(C)[C@H](C)c2ccncn2)cc1. The maximum atomic E-state index is 12.8. The molecule has 0 saturated heterocycles. The van der Waals surface area contributed by atoms with Crippen molar-refractivity contribution in [3.63, 3.8) is 0 Å². The molecule has 0 N–H and O–H groups in total. The zero-order valence-electron chi connectivity index (χ0n) is 15.7. The van der Waals surface area contributed by atoms with Crippen LogP contribution in [0.15, 0.2) is 49.2 Å². The number of aromatic nitrogens is 4. The van der Waals surface area contributed by atoms with Crippen LogP contribution in [0.3, 0.4) is 0 Å². The molecule has 0 radical (unpaired) electrons. The highest BCUT2D eigenvalue weighted by Crippen LogP contribution is 2.30. The number of rotatable bonds is 5. The predicted octanol–water partition coefficient (Wildman–Crippen LogP) is 3.08. The van der Waals surface area contributed by atoms with Crippen molar-refractivity contribution in [3.05, 3.63) is 66.1 Å². The van der Waals surface area contributed by atoms with E-state index in [-0.39, 0.29) is 11.9 Å². The van der Waals surface area contributed by atoms with Crippen LogP contribution in [0.4, 0.5) is 0 Å². The fraction of sp³-hybridized carbons (Fsp3) is 0.250. The first-order chi connectivity index (χ1) is 13.0. The number of aryl methyl sites for hydroxylation is 1. The van der Waals surface area contributed by atoms with E-state index in [0.29, 0.717) is 11.4 Å². The van der Waals surface area contributed by atoms with Gasteiger partial charge in [0.25, 0.3) is 5.91 Å². The quantitative estimate of drug-likeness (QED) is 0.693. The molecule has 3 rings (SSSR count). The van der Waals surface area contributed by atoms with E-state index in [1.54, 1.807) is 37.4 Å². The monoisotopic (exact) mass is 363 g/mol. The molecular formula is C20H21N5O2. The van der Waals surface area contributed by atoms with E-state index >= 15 is 0 Å². The zero-order valence-corrected chi connectivity index (χ0v) is 15.7. The van der Waals surface area contributed by atoms with Gasteiger partial charge in [-0.2, -0.15) is 0 Å². The Hall–Kier alpha value is -3.35. The van der Waals surface area contributed by atoms with E-state index in [0.717, 1.165) is 22.5 Å². The van der Waals surface area contributed by atoms with Crippen LogP contribution in [-0.2, 0) is 0 Å². The lowest BCUT2D eigenvalue weighted by Crippen LogP contribution is -2.30. The van der Waals surface area contributed by atoms with Crippen LogP contribution in [0.2, 0.25) is 0 Å². The number of carbonyl (C=O) groups is 1. The molecule has 0 spiro atoms. The molecule has 2 heterocycles. The summed E-state index contributed by atoms with van der Waals surface area (Å²) in [5.74, 6) is 0.428. The Morgan fingerprint density at radius 1 is 1.07 bits per heavy atom. The fourth-order valence-electron chi connectivity index (χ4n) is 2.84. The molecule has 2 aromatic heterocycles. The number of hydrogen-bond donors (Lipinski definition) is 0. The van der Waals surface area contributed by atoms with Gasteiger partial charge >= 0.3 is 0 Å². The lowest BCUT2D eigenvalue weighted by atomic mass is 10.0. The molecule has 7 nitrogen and oxygen atoms in total. The van der Waals surface area contributed by atoms with E-state index in [1.165, 1.54) is 12.7 Å². The summed E-state index contributed by atoms with van der Waals surface area (Å²) in [5.41, 5.74) is 3.92. The predicted molar refractivity (Wildman–Crippen MR) is 101 cm³/mol. The summed E-state index contributed by atoms with van der Waals surface area (Å²) in [4.78, 5) is 31.0. The number of amides is 1. The van der Waals surface area contributed by atoms with Gasteiger partial charge in [0.1, 0.15) is 12.7 Å². The smallest absolute Gasteiger partial charge is 0.254 e. The Morgan fingerprint density at radius 3 is 2.44 bits per heavy atom. The van der Waals surface area contributed by atoms with Crippen molar-refractivity contribution in [1.82, 2.24) is 24.8 Å². The van der Waals surface area contributed by atoms with Crippen LogP contribution in [0.25, 0.3) is 11.1 Å². The third-order valence-electron chi connectivity index (χ3n) is 4.55. The number of hydrogen-bond acceptors (Lipinski definition) is 6. The molecule has 1 atom stereocenters. The third-order valence-corrected chi connectivity index (χ3v) is 4.55. The van der Waals surface area contributed by atoms with Gasteiger partial charge in [-0.1, -0.05) is 12.1 Å². The van der Waals surface area contributed by atoms with E-state index in [1.807, 2.05) is 32.0 Å². The van der Waals surface area contributed by atoms with Gasteiger partial charge in [0, 0.05) is 18.8 Å². The van der Waals surface area contributed by atoms with Crippen molar-refractivity contribution in [2.45, 2.75) is 19.9 Å². The second kappa shape index (κ2) is 7.90. The van der Waals surface area contributed by atoms with Crippen molar-refractivity contribution in [1.29, 1.82) is 0 Å². The highest BCUT2D eigenvalue weighted by atomic mass is 16.5. The molecule has 0 aliphatic carbocycles. The van der Waals surface area contributed by atoms with Crippen molar-refractivity contribution in [2.75, 3.05) is 14.2 Å². The summed E-state index contributed by atoms with van der Waals surface area (Å²) >= 11 is 0. The number of methoxy groups -OCH3 is 1. The first-order valence-electron chi connectivity index (χ1n) is 8.52. The van der Waals surface area contributed by atoms with Crippen LogP contribution in [0.1, 0.15) is 34.7 Å². The van der Waals surface area contributed by atoms with Gasteiger partial charge in [0.2, 0.25) is 5.88 Å². The fourth-order valence-corrected chi connectivity index (χ4v) is 2.84. The highest BCUT2D eigenvalue weighted by Gasteiger charge is 2.20. The summed E-state index contributed by atoms with van der Waals surface area (Å²) in [6.07, 6.45) is 4.62. The van der Waals surface area contributed by atoms with Gasteiger partial charge in [0.15, 0.2) is 0 Å². The zero-order chi connectivity index (χ0) is 19.4. The van der Waals surface area contributed by atoms with Crippen molar-refractivity contribution >= 4 is 5.91 Å². The molecule has 0 aliphatic rings. The lowest BCUT2D eigenvalue weighted by Gasteiger charge is -2.24. The normalized spacial score (nSPS) is 11.7. The molecular weight excluding hydrogens is 342 g/mol. The third kappa shape index (κ3) is 3.76. The molecule has 138 valence electrons. The second-order valence-corrected chi connectivity index (χ2v) is 6.15. The Kier molecular flexibility index (Phi) is 5.40. The lowest BCUT2D eigenvalue weighted by molar-refractivity contribution is 0.0739. The minimum Gasteiger partial charge on any atom is -0.480 e. The van der Waals surface area contributed by atoms with Crippen molar-refractivity contribution in [3.8, 4) is 17.0 Å². The topological polar surface area (TPSA) is 81.1 Å².